The average molecular weight is 127 g/mol. The Hall–Kier alpha value is 0.0900. The molecule has 0 spiro atoms. The predicted molar refractivity (Wildman–Crippen MR) is 39.9 cm³/mol. The molecule has 1 atom stereocenters. The summed E-state index contributed by atoms with van der Waals surface area (Å²) in [6.07, 6.45) is 3.96. The largest absolute Gasteiger partial charge is 0.0928 e. The molecule has 0 heterocycles. The molecule has 8 heavy (non-hydrogen) atoms. The van der Waals surface area contributed by atoms with Crippen LogP contribution in [0.1, 0.15) is 26.2 Å². The zero-order valence-corrected chi connectivity index (χ0v) is 6.00. The van der Waals surface area contributed by atoms with Crippen molar-refractivity contribution in [2.75, 3.05) is 0 Å². The Bertz CT molecular complexity index is 88.4. The van der Waals surface area contributed by atoms with Gasteiger partial charge in [-0.3, -0.25) is 0 Å². The highest BCUT2D eigenvalue weighted by molar-refractivity contribution is 7.79. The van der Waals surface area contributed by atoms with Gasteiger partial charge in [0.25, 0.3) is 0 Å². The van der Waals surface area contributed by atoms with Crippen molar-refractivity contribution < 1.29 is 0 Å². The molecule has 0 aromatic rings. The summed E-state index contributed by atoms with van der Waals surface area (Å²) in [4.78, 5) is 0. The van der Waals surface area contributed by atoms with Crippen molar-refractivity contribution in [2.45, 2.75) is 26.2 Å². The van der Waals surface area contributed by atoms with Crippen LogP contribution in [0.15, 0.2) is 0 Å². The predicted octanol–water partition coefficient (Wildman–Crippen LogP) is 2.38. The first-order chi connectivity index (χ1) is 3.84. The third-order valence-corrected chi connectivity index (χ3v) is 2.19. The fraction of sp³-hybridized carbons (Fsp3) is 0.714. The average Bonchev–Trinajstić information content (AvgIpc) is 2.14. The second-order valence-corrected chi connectivity index (χ2v) is 2.72. The van der Waals surface area contributed by atoms with Crippen LogP contribution >= 0.6 is 12.2 Å². The zero-order chi connectivity index (χ0) is 5.98. The molecule has 1 unspecified atom stereocenters. The molecule has 0 aromatic heterocycles. The van der Waals surface area contributed by atoms with Gasteiger partial charge in [-0.2, -0.15) is 0 Å². The van der Waals surface area contributed by atoms with Gasteiger partial charge >= 0.3 is 0 Å². The van der Waals surface area contributed by atoms with Crippen molar-refractivity contribution in [1.29, 1.82) is 0 Å². The van der Waals surface area contributed by atoms with Crippen molar-refractivity contribution in [3.8, 4) is 0 Å². The molecule has 1 rings (SSSR count). The Morgan fingerprint density at radius 3 is 2.75 bits per heavy atom. The van der Waals surface area contributed by atoms with Gasteiger partial charge in [-0.25, -0.2) is 0 Å². The molecule has 0 N–H and O–H groups in total. The lowest BCUT2D eigenvalue weighted by molar-refractivity contribution is 0.677. The summed E-state index contributed by atoms with van der Waals surface area (Å²) in [6.45, 7) is 2.26. The quantitative estimate of drug-likeness (QED) is 0.487. The molecule has 0 aliphatic heterocycles. The Morgan fingerprint density at radius 2 is 2.50 bits per heavy atom. The third kappa shape index (κ3) is 1.08. The highest BCUT2D eigenvalue weighted by Crippen LogP contribution is 2.31. The summed E-state index contributed by atoms with van der Waals surface area (Å²) in [5, 5.41) is 1.86. The maximum atomic E-state index is 4.83. The van der Waals surface area contributed by atoms with E-state index in [9.17, 15) is 0 Å². The first-order valence-corrected chi connectivity index (χ1v) is 3.62. The molecule has 1 aliphatic rings. The molecule has 45 valence electrons. The molecule has 1 fully saturated rings. The standard InChI is InChI=1S/C7H11S/c1-6-3-2-4-7(6)5-8/h5-6H,2-4H2,1H3. The van der Waals surface area contributed by atoms with Gasteiger partial charge in [0.2, 0.25) is 0 Å². The molecule has 1 saturated carbocycles. The lowest BCUT2D eigenvalue weighted by atomic mass is 10.0. The van der Waals surface area contributed by atoms with E-state index < -0.39 is 0 Å². The molecular weight excluding hydrogens is 116 g/mol. The monoisotopic (exact) mass is 127 g/mol. The van der Waals surface area contributed by atoms with Gasteiger partial charge in [-0.1, -0.05) is 25.6 Å². The van der Waals surface area contributed by atoms with Gasteiger partial charge in [0.1, 0.15) is 0 Å². The Morgan fingerprint density at radius 1 is 1.75 bits per heavy atom. The highest BCUT2D eigenvalue weighted by atomic mass is 32.1. The lowest BCUT2D eigenvalue weighted by Gasteiger charge is -2.04. The minimum absolute atomic E-state index is 0.785. The molecule has 0 nitrogen and oxygen atoms in total. The maximum Gasteiger partial charge on any atom is 0.0113 e. The summed E-state index contributed by atoms with van der Waals surface area (Å²) in [7, 11) is 0. The van der Waals surface area contributed by atoms with Crippen LogP contribution in [0.2, 0.25) is 0 Å². The van der Waals surface area contributed by atoms with Gasteiger partial charge < -0.3 is 0 Å². The van der Waals surface area contributed by atoms with Crippen molar-refractivity contribution in [3.63, 3.8) is 0 Å². The second kappa shape index (κ2) is 2.58. The maximum absolute atomic E-state index is 4.83. The summed E-state index contributed by atoms with van der Waals surface area (Å²) in [5.74, 6) is 2.27. The van der Waals surface area contributed by atoms with Crippen molar-refractivity contribution in [3.05, 3.63) is 5.92 Å². The Balaban J connectivity index is 2.41. The van der Waals surface area contributed by atoms with Crippen LogP contribution in [0.25, 0.3) is 0 Å². The van der Waals surface area contributed by atoms with E-state index in [1.54, 1.807) is 0 Å². The topological polar surface area (TPSA) is 0 Å². The third-order valence-electron chi connectivity index (χ3n) is 1.89. The lowest BCUT2D eigenvalue weighted by Crippen LogP contribution is -1.99. The smallest absolute Gasteiger partial charge is 0.0113 e. The van der Waals surface area contributed by atoms with E-state index in [1.807, 2.05) is 5.37 Å². The molecule has 0 bridgehead atoms. The molecule has 0 saturated heterocycles. The second-order valence-electron chi connectivity index (χ2n) is 2.49. The van der Waals surface area contributed by atoms with E-state index in [0.717, 1.165) is 5.92 Å². The summed E-state index contributed by atoms with van der Waals surface area (Å²) in [6, 6.07) is 0. The van der Waals surface area contributed by atoms with Gasteiger partial charge in [0.15, 0.2) is 0 Å². The van der Waals surface area contributed by atoms with Crippen LogP contribution in [0.3, 0.4) is 0 Å². The molecule has 1 radical (unpaired) electrons. The summed E-state index contributed by atoms with van der Waals surface area (Å²) < 4.78 is 0. The number of hydrogen-bond acceptors (Lipinski definition) is 1. The Labute approximate surface area is 56.3 Å². The number of rotatable bonds is 1. The van der Waals surface area contributed by atoms with Gasteiger partial charge in [0, 0.05) is 5.92 Å². The van der Waals surface area contributed by atoms with E-state index in [0.29, 0.717) is 0 Å². The van der Waals surface area contributed by atoms with Crippen LogP contribution < -0.4 is 0 Å². The van der Waals surface area contributed by atoms with Gasteiger partial charge in [-0.05, 0) is 24.1 Å². The molecule has 1 aliphatic carbocycles. The van der Waals surface area contributed by atoms with E-state index in [2.05, 4.69) is 6.92 Å². The summed E-state index contributed by atoms with van der Waals surface area (Å²) >= 11 is 4.83. The van der Waals surface area contributed by atoms with E-state index in [4.69, 9.17) is 12.2 Å². The molecular formula is C7H11S. The first-order valence-electron chi connectivity index (χ1n) is 3.15. The number of hydrogen-bond donors (Lipinski definition) is 0. The fourth-order valence-corrected chi connectivity index (χ4v) is 1.57. The molecule has 1 heteroatoms. The summed E-state index contributed by atoms with van der Waals surface area (Å²) in [5.41, 5.74) is 0. The van der Waals surface area contributed by atoms with Crippen LogP contribution in [0.5, 0.6) is 0 Å². The van der Waals surface area contributed by atoms with E-state index in [1.165, 1.54) is 25.2 Å². The van der Waals surface area contributed by atoms with E-state index in [-0.39, 0.29) is 0 Å². The normalized spacial score (nSPS) is 30.9. The minimum Gasteiger partial charge on any atom is -0.0928 e. The van der Waals surface area contributed by atoms with Crippen LogP contribution in [0, 0.1) is 11.8 Å². The molecule has 0 aromatic carbocycles. The fourth-order valence-electron chi connectivity index (χ4n) is 1.22. The zero-order valence-electron chi connectivity index (χ0n) is 5.18. The first kappa shape index (κ1) is 6.21. The minimum atomic E-state index is 0.785. The number of thiocarbonyl (C=S) groups is 1. The van der Waals surface area contributed by atoms with Gasteiger partial charge in [0.05, 0.1) is 0 Å². The van der Waals surface area contributed by atoms with Crippen LogP contribution in [-0.4, -0.2) is 5.37 Å². The molecule has 0 amide bonds. The van der Waals surface area contributed by atoms with Gasteiger partial charge in [-0.15, -0.1) is 0 Å². The van der Waals surface area contributed by atoms with Crippen molar-refractivity contribution in [1.82, 2.24) is 0 Å². The van der Waals surface area contributed by atoms with Crippen LogP contribution in [0.4, 0.5) is 0 Å². The SMILES string of the molecule is CC1CCC[C]1C=S. The Kier molecular flexibility index (Phi) is 2.01. The van der Waals surface area contributed by atoms with Crippen molar-refractivity contribution in [2.24, 2.45) is 5.92 Å². The van der Waals surface area contributed by atoms with Crippen LogP contribution in [-0.2, 0) is 0 Å². The van der Waals surface area contributed by atoms with Crippen molar-refractivity contribution >= 4 is 17.6 Å². The van der Waals surface area contributed by atoms with E-state index >= 15 is 0 Å². The highest BCUT2D eigenvalue weighted by Gasteiger charge is 2.20.